The second-order valence-electron chi connectivity index (χ2n) is 4.61. The third kappa shape index (κ3) is 4.53. The highest BCUT2D eigenvalue weighted by Gasteiger charge is 2.21. The maximum atomic E-state index is 11.9. The molecule has 0 N–H and O–H groups in total. The fourth-order valence-electron chi connectivity index (χ4n) is 1.60. The largest absolute Gasteiger partial charge is 0.292 e. The first-order valence-electron chi connectivity index (χ1n) is 6.20. The van der Waals surface area contributed by atoms with Gasteiger partial charge in [-0.1, -0.05) is 27.2 Å². The Bertz CT molecular complexity index is 500. The van der Waals surface area contributed by atoms with E-state index in [1.165, 1.54) is 11.3 Å². The first kappa shape index (κ1) is 15.4. The molecule has 1 aromatic rings. The number of rotatable bonds is 7. The van der Waals surface area contributed by atoms with Crippen LogP contribution < -0.4 is 0 Å². The Labute approximate surface area is 113 Å². The molecule has 0 fully saturated rings. The highest BCUT2D eigenvalue weighted by molar-refractivity contribution is 7.92. The van der Waals surface area contributed by atoms with Crippen LogP contribution >= 0.6 is 11.3 Å². The average Bonchev–Trinajstić information content (AvgIpc) is 2.76. The van der Waals surface area contributed by atoms with Crippen LogP contribution in [0.15, 0.2) is 12.1 Å². The molecule has 1 atom stereocenters. The quantitative estimate of drug-likeness (QED) is 0.725. The van der Waals surface area contributed by atoms with Crippen LogP contribution in [0.3, 0.4) is 0 Å². The number of carbonyl (C=O) groups excluding carboxylic acids is 1. The van der Waals surface area contributed by atoms with Crippen LogP contribution in [0.25, 0.3) is 0 Å². The minimum Gasteiger partial charge on any atom is -0.292 e. The Kier molecular flexibility index (Phi) is 5.53. The van der Waals surface area contributed by atoms with E-state index < -0.39 is 9.84 Å². The molecule has 0 aromatic carbocycles. The molecule has 0 saturated heterocycles. The van der Waals surface area contributed by atoms with Gasteiger partial charge in [-0.25, -0.2) is 8.42 Å². The lowest BCUT2D eigenvalue weighted by Gasteiger charge is -2.08. The summed E-state index contributed by atoms with van der Waals surface area (Å²) in [7, 11) is -3.28. The van der Waals surface area contributed by atoms with E-state index in [4.69, 9.17) is 0 Å². The molecule has 102 valence electrons. The topological polar surface area (TPSA) is 51.2 Å². The van der Waals surface area contributed by atoms with E-state index in [2.05, 4.69) is 0 Å². The van der Waals surface area contributed by atoms with E-state index in [9.17, 15) is 13.2 Å². The molecule has 0 aliphatic rings. The fourth-order valence-corrected chi connectivity index (χ4v) is 4.35. The Morgan fingerprint density at radius 1 is 1.33 bits per heavy atom. The number of aryl methyl sites for hydroxylation is 1. The highest BCUT2D eigenvalue weighted by Crippen LogP contribution is 2.18. The molecule has 0 saturated carbocycles. The third-order valence-electron chi connectivity index (χ3n) is 2.87. The molecule has 5 heteroatoms. The van der Waals surface area contributed by atoms with Gasteiger partial charge in [0.15, 0.2) is 15.6 Å². The Morgan fingerprint density at radius 2 is 2.00 bits per heavy atom. The Hall–Kier alpha value is -0.680. The van der Waals surface area contributed by atoms with Crippen LogP contribution in [-0.2, 0) is 16.3 Å². The van der Waals surface area contributed by atoms with Crippen LogP contribution in [0.2, 0.25) is 0 Å². The molecule has 0 spiro atoms. The van der Waals surface area contributed by atoms with Crippen molar-refractivity contribution in [3.8, 4) is 0 Å². The van der Waals surface area contributed by atoms with Crippen molar-refractivity contribution in [2.45, 2.75) is 33.6 Å². The third-order valence-corrected chi connectivity index (χ3v) is 5.92. The van der Waals surface area contributed by atoms with Gasteiger partial charge in [-0.3, -0.25) is 4.79 Å². The normalized spacial score (nSPS) is 13.5. The number of ketones is 1. The zero-order valence-corrected chi connectivity index (χ0v) is 12.7. The molecule has 3 nitrogen and oxygen atoms in total. The molecule has 1 rings (SSSR count). The van der Waals surface area contributed by atoms with Crippen molar-refractivity contribution >= 4 is 27.0 Å². The van der Waals surface area contributed by atoms with Crippen molar-refractivity contribution in [1.82, 2.24) is 0 Å². The summed E-state index contributed by atoms with van der Waals surface area (Å²) in [5.41, 5.74) is 0. The van der Waals surface area contributed by atoms with E-state index in [0.29, 0.717) is 4.88 Å². The minimum atomic E-state index is -3.28. The Morgan fingerprint density at radius 3 is 2.50 bits per heavy atom. The number of carbonyl (C=O) groups is 1. The van der Waals surface area contributed by atoms with Crippen molar-refractivity contribution in [1.29, 1.82) is 0 Å². The van der Waals surface area contributed by atoms with Crippen molar-refractivity contribution < 1.29 is 13.2 Å². The summed E-state index contributed by atoms with van der Waals surface area (Å²) < 4.78 is 23.7. The maximum absolute atomic E-state index is 11.9. The predicted octanol–water partition coefficient (Wildman–Crippen LogP) is 2.95. The molecule has 1 aromatic heterocycles. The van der Waals surface area contributed by atoms with E-state index >= 15 is 0 Å². The summed E-state index contributed by atoms with van der Waals surface area (Å²) in [6.07, 6.45) is 1.68. The first-order valence-corrected chi connectivity index (χ1v) is 8.84. The SMILES string of the molecule is CCc1ccc(C(=O)CS(=O)(=O)CC(C)CC)s1. The number of thiophene rings is 1. The second kappa shape index (κ2) is 6.48. The lowest BCUT2D eigenvalue weighted by atomic mass is 10.2. The smallest absolute Gasteiger partial charge is 0.187 e. The van der Waals surface area contributed by atoms with Crippen molar-refractivity contribution in [2.24, 2.45) is 5.92 Å². The summed E-state index contributed by atoms with van der Waals surface area (Å²) in [6.45, 7) is 5.86. The van der Waals surface area contributed by atoms with Gasteiger partial charge >= 0.3 is 0 Å². The number of hydrogen-bond acceptors (Lipinski definition) is 4. The van der Waals surface area contributed by atoms with Gasteiger partial charge in [-0.15, -0.1) is 11.3 Å². The molecule has 0 aliphatic heterocycles. The van der Waals surface area contributed by atoms with Crippen LogP contribution in [0, 0.1) is 5.92 Å². The van der Waals surface area contributed by atoms with Crippen molar-refractivity contribution in [3.63, 3.8) is 0 Å². The van der Waals surface area contributed by atoms with Gasteiger partial charge in [-0.05, 0) is 24.5 Å². The summed E-state index contributed by atoms with van der Waals surface area (Å²) in [6, 6.07) is 3.61. The molecule has 1 heterocycles. The van der Waals surface area contributed by atoms with Gasteiger partial charge in [0.05, 0.1) is 10.6 Å². The second-order valence-corrected chi connectivity index (χ2v) is 7.89. The standard InChI is InChI=1S/C13H20O3S2/c1-4-10(3)8-18(15,16)9-12(14)13-7-6-11(5-2)17-13/h6-7,10H,4-5,8-9H2,1-3H3. The van der Waals surface area contributed by atoms with Gasteiger partial charge in [0.1, 0.15) is 5.75 Å². The van der Waals surface area contributed by atoms with Gasteiger partial charge in [0, 0.05) is 4.88 Å². The lowest BCUT2D eigenvalue weighted by molar-refractivity contribution is 0.102. The van der Waals surface area contributed by atoms with Crippen molar-refractivity contribution in [2.75, 3.05) is 11.5 Å². The molecular weight excluding hydrogens is 268 g/mol. The monoisotopic (exact) mass is 288 g/mol. The number of hydrogen-bond donors (Lipinski definition) is 0. The summed E-state index contributed by atoms with van der Waals surface area (Å²) in [4.78, 5) is 13.6. The molecule has 0 aliphatic carbocycles. The highest BCUT2D eigenvalue weighted by atomic mass is 32.2. The average molecular weight is 288 g/mol. The van der Waals surface area contributed by atoms with Crippen molar-refractivity contribution in [3.05, 3.63) is 21.9 Å². The van der Waals surface area contributed by atoms with E-state index in [1.807, 2.05) is 26.8 Å². The van der Waals surface area contributed by atoms with Crippen LogP contribution in [0.5, 0.6) is 0 Å². The van der Waals surface area contributed by atoms with Gasteiger partial charge in [0.25, 0.3) is 0 Å². The number of Topliss-reactive ketones (excluding diaryl/α,β-unsaturated/α-hetero) is 1. The maximum Gasteiger partial charge on any atom is 0.187 e. The molecular formula is C13H20O3S2. The molecule has 0 bridgehead atoms. The summed E-state index contributed by atoms with van der Waals surface area (Å²) in [5.74, 6) is -0.428. The predicted molar refractivity (Wildman–Crippen MR) is 76.1 cm³/mol. The summed E-state index contributed by atoms with van der Waals surface area (Å²) in [5, 5.41) is 0. The van der Waals surface area contributed by atoms with Crippen LogP contribution in [0.4, 0.5) is 0 Å². The van der Waals surface area contributed by atoms with Crippen LogP contribution in [0.1, 0.15) is 41.7 Å². The Balaban J connectivity index is 2.69. The zero-order chi connectivity index (χ0) is 13.8. The minimum absolute atomic E-state index is 0.0985. The molecule has 0 radical (unpaired) electrons. The number of sulfone groups is 1. The van der Waals surface area contributed by atoms with E-state index in [-0.39, 0.29) is 23.2 Å². The van der Waals surface area contributed by atoms with Crippen LogP contribution in [-0.4, -0.2) is 25.7 Å². The van der Waals surface area contributed by atoms with E-state index in [1.54, 1.807) is 6.07 Å². The van der Waals surface area contributed by atoms with Gasteiger partial charge in [-0.2, -0.15) is 0 Å². The van der Waals surface area contributed by atoms with E-state index in [0.717, 1.165) is 17.7 Å². The molecule has 18 heavy (non-hydrogen) atoms. The molecule has 0 amide bonds. The molecule has 1 unspecified atom stereocenters. The van der Waals surface area contributed by atoms with Gasteiger partial charge < -0.3 is 0 Å². The summed E-state index contributed by atoms with van der Waals surface area (Å²) >= 11 is 1.39. The van der Waals surface area contributed by atoms with Gasteiger partial charge in [0.2, 0.25) is 0 Å². The fraction of sp³-hybridized carbons (Fsp3) is 0.615. The first-order chi connectivity index (χ1) is 8.38. The lowest BCUT2D eigenvalue weighted by Crippen LogP contribution is -2.21. The zero-order valence-electron chi connectivity index (χ0n) is 11.1.